The van der Waals surface area contributed by atoms with Gasteiger partial charge in [0.25, 0.3) is 0 Å². The van der Waals surface area contributed by atoms with Crippen LogP contribution in [0, 0.1) is 17.1 Å². The Morgan fingerprint density at radius 1 is 1.06 bits per heavy atom. The molecular formula is C26H26FN3O2. The predicted molar refractivity (Wildman–Crippen MR) is 122 cm³/mol. The topological polar surface area (TPSA) is 81.2 Å². The van der Waals surface area contributed by atoms with Gasteiger partial charge in [0.2, 0.25) is 0 Å². The normalized spacial score (nSPS) is 13.4. The number of methoxy groups -OCH3 is 1. The zero-order valence-electron chi connectivity index (χ0n) is 18.2. The number of anilines is 1. The van der Waals surface area contributed by atoms with Crippen molar-refractivity contribution in [2.24, 2.45) is 0 Å². The van der Waals surface area contributed by atoms with Crippen LogP contribution in [0.4, 0.5) is 10.2 Å². The van der Waals surface area contributed by atoms with E-state index in [0.717, 1.165) is 53.6 Å². The molecule has 0 saturated carbocycles. The van der Waals surface area contributed by atoms with Crippen LogP contribution in [-0.2, 0) is 19.4 Å². The molecule has 0 spiro atoms. The summed E-state index contributed by atoms with van der Waals surface area (Å²) in [5.41, 5.74) is 11.3. The first-order chi connectivity index (χ1) is 15.6. The molecule has 2 N–H and O–H groups in total. The number of nitriles is 1. The van der Waals surface area contributed by atoms with Gasteiger partial charge >= 0.3 is 0 Å². The molecule has 2 aromatic carbocycles. The Labute approximate surface area is 187 Å². The summed E-state index contributed by atoms with van der Waals surface area (Å²) >= 11 is 0. The fraction of sp³-hybridized carbons (Fsp3) is 0.308. The van der Waals surface area contributed by atoms with E-state index in [1.165, 1.54) is 25.0 Å². The van der Waals surface area contributed by atoms with Crippen molar-refractivity contribution < 1.29 is 13.9 Å². The number of benzene rings is 2. The van der Waals surface area contributed by atoms with E-state index in [9.17, 15) is 9.65 Å². The molecule has 0 fully saturated rings. The van der Waals surface area contributed by atoms with Crippen molar-refractivity contribution in [1.29, 1.82) is 5.26 Å². The lowest BCUT2D eigenvalue weighted by Crippen LogP contribution is -2.10. The number of hydrogen-bond acceptors (Lipinski definition) is 5. The van der Waals surface area contributed by atoms with E-state index < -0.39 is 0 Å². The molecule has 5 nitrogen and oxygen atoms in total. The molecule has 6 heteroatoms. The molecule has 32 heavy (non-hydrogen) atoms. The lowest BCUT2D eigenvalue weighted by atomic mass is 9.87. The molecule has 0 aliphatic heterocycles. The lowest BCUT2D eigenvalue weighted by molar-refractivity contribution is 0.296. The van der Waals surface area contributed by atoms with Gasteiger partial charge in [-0.15, -0.1) is 0 Å². The van der Waals surface area contributed by atoms with Crippen molar-refractivity contribution >= 4 is 5.82 Å². The third-order valence-electron chi connectivity index (χ3n) is 5.90. The highest BCUT2D eigenvalue weighted by Crippen LogP contribution is 2.37. The molecule has 0 atom stereocenters. The molecule has 1 aromatic heterocycles. The first-order valence-electron chi connectivity index (χ1n) is 10.9. The van der Waals surface area contributed by atoms with Crippen molar-refractivity contribution in [2.75, 3.05) is 12.8 Å². The van der Waals surface area contributed by atoms with Crippen molar-refractivity contribution in [3.8, 4) is 28.7 Å². The van der Waals surface area contributed by atoms with Gasteiger partial charge in [0.15, 0.2) is 0 Å². The third-order valence-corrected chi connectivity index (χ3v) is 5.90. The number of nitrogen functional groups attached to an aromatic ring is 1. The summed E-state index contributed by atoms with van der Waals surface area (Å²) in [5, 5.41) is 9.85. The Morgan fingerprint density at radius 2 is 1.81 bits per heavy atom. The average molecular weight is 432 g/mol. The first-order valence-corrected chi connectivity index (χ1v) is 10.9. The molecule has 0 radical (unpaired) electrons. The Kier molecular flexibility index (Phi) is 6.55. The quantitative estimate of drug-likeness (QED) is 0.570. The number of fused-ring (bicyclic) bond motifs is 1. The number of ether oxygens (including phenoxy) is 2. The monoisotopic (exact) mass is 431 g/mol. The second kappa shape index (κ2) is 9.69. The number of nitrogens with two attached hydrogens (primary N) is 1. The minimum atomic E-state index is -0.306. The molecule has 1 heterocycles. The van der Waals surface area contributed by atoms with Crippen LogP contribution in [-0.4, -0.2) is 12.1 Å². The van der Waals surface area contributed by atoms with Gasteiger partial charge in [0.1, 0.15) is 41.4 Å². The largest absolute Gasteiger partial charge is 0.496 e. The van der Waals surface area contributed by atoms with Crippen molar-refractivity contribution in [3.05, 3.63) is 70.7 Å². The number of aryl methyl sites for hydroxylation is 1. The van der Waals surface area contributed by atoms with Gasteiger partial charge in [-0.3, -0.25) is 0 Å². The summed E-state index contributed by atoms with van der Waals surface area (Å²) < 4.78 is 24.5. The predicted octanol–water partition coefficient (Wildman–Crippen LogP) is 5.59. The van der Waals surface area contributed by atoms with Crippen LogP contribution in [0.15, 0.2) is 42.5 Å². The van der Waals surface area contributed by atoms with Crippen LogP contribution in [0.1, 0.15) is 48.1 Å². The first kappa shape index (κ1) is 21.6. The number of hydrogen-bond donors (Lipinski definition) is 1. The maximum absolute atomic E-state index is 13.1. The molecular weight excluding hydrogens is 405 g/mol. The van der Waals surface area contributed by atoms with Crippen LogP contribution in [0.25, 0.3) is 11.1 Å². The highest BCUT2D eigenvalue weighted by atomic mass is 19.1. The highest BCUT2D eigenvalue weighted by molar-refractivity contribution is 5.80. The van der Waals surface area contributed by atoms with Crippen LogP contribution >= 0.6 is 0 Å². The van der Waals surface area contributed by atoms with Crippen molar-refractivity contribution in [2.45, 2.75) is 45.1 Å². The number of rotatable bonds is 5. The fourth-order valence-electron chi connectivity index (χ4n) is 4.26. The lowest BCUT2D eigenvalue weighted by Gasteiger charge is -2.20. The summed E-state index contributed by atoms with van der Waals surface area (Å²) in [6.07, 6.45) is 6.26. The van der Waals surface area contributed by atoms with E-state index in [2.05, 4.69) is 11.1 Å². The third kappa shape index (κ3) is 4.52. The summed E-state index contributed by atoms with van der Waals surface area (Å²) in [4.78, 5) is 4.58. The Balaban J connectivity index is 1.72. The molecule has 0 bridgehead atoms. The summed E-state index contributed by atoms with van der Waals surface area (Å²) in [6, 6.07) is 14.0. The molecule has 0 unspecified atom stereocenters. The SMILES string of the molecule is COc1cc(-c2c(C#N)c(N)nc3c2CCCCCC3)ccc1COc1ccc(F)cc1. The zero-order chi connectivity index (χ0) is 22.5. The minimum Gasteiger partial charge on any atom is -0.496 e. The van der Waals surface area contributed by atoms with E-state index in [-0.39, 0.29) is 18.2 Å². The van der Waals surface area contributed by atoms with E-state index >= 15 is 0 Å². The van der Waals surface area contributed by atoms with Gasteiger partial charge in [-0.05, 0) is 67.1 Å². The van der Waals surface area contributed by atoms with E-state index in [1.807, 2.05) is 18.2 Å². The summed E-state index contributed by atoms with van der Waals surface area (Å²) in [6.45, 7) is 0.275. The van der Waals surface area contributed by atoms with Gasteiger partial charge in [-0.1, -0.05) is 25.0 Å². The van der Waals surface area contributed by atoms with Gasteiger partial charge in [-0.25, -0.2) is 9.37 Å². The second-order valence-electron chi connectivity index (χ2n) is 7.97. The molecule has 4 rings (SSSR count). The molecule has 0 saturated heterocycles. The molecule has 1 aliphatic rings. The highest BCUT2D eigenvalue weighted by Gasteiger charge is 2.21. The standard InChI is InChI=1S/C26H26FN3O2/c1-31-24-14-17(8-9-18(24)16-32-20-12-10-19(27)11-13-20)25-21-6-4-2-3-5-7-23(21)30-26(29)22(25)15-28/h8-14H,2-7,16H2,1H3,(H2,29,30). The number of pyridine rings is 1. The number of halogens is 1. The van der Waals surface area contributed by atoms with E-state index in [4.69, 9.17) is 15.2 Å². The second-order valence-corrected chi connectivity index (χ2v) is 7.97. The smallest absolute Gasteiger partial charge is 0.142 e. The van der Waals surface area contributed by atoms with E-state index in [0.29, 0.717) is 17.1 Å². The van der Waals surface area contributed by atoms with Crippen LogP contribution in [0.3, 0.4) is 0 Å². The van der Waals surface area contributed by atoms with Crippen LogP contribution in [0.5, 0.6) is 11.5 Å². The molecule has 1 aliphatic carbocycles. The molecule has 0 amide bonds. The number of aromatic nitrogens is 1. The Hall–Kier alpha value is -3.59. The van der Waals surface area contributed by atoms with Crippen molar-refractivity contribution in [1.82, 2.24) is 4.98 Å². The van der Waals surface area contributed by atoms with Gasteiger partial charge in [0, 0.05) is 16.8 Å². The van der Waals surface area contributed by atoms with Gasteiger partial charge in [-0.2, -0.15) is 5.26 Å². The summed E-state index contributed by atoms with van der Waals surface area (Å²) in [5.74, 6) is 1.21. The maximum Gasteiger partial charge on any atom is 0.142 e. The zero-order valence-corrected chi connectivity index (χ0v) is 18.2. The van der Waals surface area contributed by atoms with Crippen LogP contribution in [0.2, 0.25) is 0 Å². The Bertz CT molecular complexity index is 1150. The molecule has 164 valence electrons. The maximum atomic E-state index is 13.1. The van der Waals surface area contributed by atoms with Crippen LogP contribution < -0.4 is 15.2 Å². The van der Waals surface area contributed by atoms with Crippen molar-refractivity contribution in [3.63, 3.8) is 0 Å². The minimum absolute atomic E-state index is 0.275. The summed E-state index contributed by atoms with van der Waals surface area (Å²) in [7, 11) is 1.61. The number of nitrogens with zero attached hydrogens (tertiary/aromatic N) is 2. The average Bonchev–Trinajstić information content (AvgIpc) is 2.79. The van der Waals surface area contributed by atoms with E-state index in [1.54, 1.807) is 19.2 Å². The Morgan fingerprint density at radius 3 is 2.53 bits per heavy atom. The van der Waals surface area contributed by atoms with Gasteiger partial charge < -0.3 is 15.2 Å². The molecule has 3 aromatic rings. The van der Waals surface area contributed by atoms with Gasteiger partial charge in [0.05, 0.1) is 7.11 Å². The fourth-order valence-corrected chi connectivity index (χ4v) is 4.26.